The summed E-state index contributed by atoms with van der Waals surface area (Å²) in [6, 6.07) is 18.6. The van der Waals surface area contributed by atoms with Crippen molar-refractivity contribution >= 4 is 32.1 Å². The molecule has 0 bridgehead atoms. The Labute approximate surface area is 199 Å². The van der Waals surface area contributed by atoms with Crippen LogP contribution in [-0.2, 0) is 14.6 Å². The second kappa shape index (κ2) is 9.67. The van der Waals surface area contributed by atoms with Crippen LogP contribution in [-0.4, -0.2) is 58.8 Å². The number of carbonyl (C=O) groups is 1. The lowest BCUT2D eigenvalue weighted by atomic mass is 10.1. The van der Waals surface area contributed by atoms with Gasteiger partial charge in [-0.25, -0.2) is 8.42 Å². The van der Waals surface area contributed by atoms with Gasteiger partial charge in [-0.3, -0.25) is 4.79 Å². The Kier molecular flexibility index (Phi) is 6.88. The Morgan fingerprint density at radius 2 is 1.70 bits per heavy atom. The van der Waals surface area contributed by atoms with Crippen LogP contribution in [0, 0.1) is 0 Å². The number of rotatable bonds is 6. The molecule has 0 aliphatic carbocycles. The number of hydrogen-bond donors (Lipinski definition) is 0. The van der Waals surface area contributed by atoms with Crippen LogP contribution < -0.4 is 4.90 Å². The highest BCUT2D eigenvalue weighted by molar-refractivity contribution is 7.90. The number of anilines is 1. The molecule has 33 heavy (non-hydrogen) atoms. The Morgan fingerprint density at radius 1 is 1.06 bits per heavy atom. The zero-order chi connectivity index (χ0) is 23.6. The summed E-state index contributed by atoms with van der Waals surface area (Å²) >= 11 is 1.52. The normalized spacial score (nSPS) is 15.3. The molecule has 1 fully saturated rings. The van der Waals surface area contributed by atoms with Crippen molar-refractivity contribution < 1.29 is 17.9 Å². The minimum atomic E-state index is -3.26. The quantitative estimate of drug-likeness (QED) is 0.516. The van der Waals surface area contributed by atoms with Crippen molar-refractivity contribution in [3.05, 3.63) is 71.1 Å². The molecule has 174 valence electrons. The maximum atomic E-state index is 13.5. The van der Waals surface area contributed by atoms with Gasteiger partial charge in [0.1, 0.15) is 0 Å². The highest BCUT2D eigenvalue weighted by Gasteiger charge is 2.25. The molecule has 1 aromatic heterocycles. The second-order valence-corrected chi connectivity index (χ2v) is 11.3. The fraction of sp³-hybridized carbons (Fsp3) is 0.320. The standard InChI is InChI=1S/C25H28N2O4S2/c1-18(19-9-11-21(12-10-19)33(3,29)30)26(2)24(28)23-17-22(20-7-5-4-6-8-20)25(32-23)27-13-15-31-16-14-27/h4-12,17-18H,13-16H2,1-3H3. The Hall–Kier alpha value is -2.68. The molecule has 0 N–H and O–H groups in total. The predicted molar refractivity (Wildman–Crippen MR) is 133 cm³/mol. The van der Waals surface area contributed by atoms with E-state index < -0.39 is 9.84 Å². The van der Waals surface area contributed by atoms with Crippen LogP contribution in [0.5, 0.6) is 0 Å². The number of hydrogen-bond acceptors (Lipinski definition) is 6. The van der Waals surface area contributed by atoms with E-state index in [4.69, 9.17) is 4.74 Å². The number of ether oxygens (including phenoxy) is 1. The van der Waals surface area contributed by atoms with Crippen molar-refractivity contribution in [3.8, 4) is 11.1 Å². The third-order valence-electron chi connectivity index (χ3n) is 6.00. The lowest BCUT2D eigenvalue weighted by Crippen LogP contribution is -2.35. The zero-order valence-corrected chi connectivity index (χ0v) is 20.7. The molecule has 1 atom stereocenters. The van der Waals surface area contributed by atoms with E-state index in [-0.39, 0.29) is 16.8 Å². The molecule has 1 saturated heterocycles. The second-order valence-electron chi connectivity index (χ2n) is 8.23. The van der Waals surface area contributed by atoms with Crippen LogP contribution >= 0.6 is 11.3 Å². The number of amides is 1. The van der Waals surface area contributed by atoms with Crippen molar-refractivity contribution in [2.24, 2.45) is 0 Å². The number of nitrogens with zero attached hydrogens (tertiary/aromatic N) is 2. The van der Waals surface area contributed by atoms with Crippen LogP contribution in [0.25, 0.3) is 11.1 Å². The van der Waals surface area contributed by atoms with Crippen molar-refractivity contribution in [2.75, 3.05) is 44.5 Å². The summed E-state index contributed by atoms with van der Waals surface area (Å²) in [4.78, 5) is 18.4. The van der Waals surface area contributed by atoms with Crippen LogP contribution in [0.1, 0.15) is 28.2 Å². The SMILES string of the molecule is CC(c1ccc(S(C)(=O)=O)cc1)N(C)C(=O)c1cc(-c2ccccc2)c(N2CCOCC2)s1. The fourth-order valence-electron chi connectivity index (χ4n) is 3.88. The van der Waals surface area contributed by atoms with Gasteiger partial charge in [0.05, 0.1) is 34.0 Å². The van der Waals surface area contributed by atoms with E-state index in [0.717, 1.165) is 34.8 Å². The average Bonchev–Trinajstić information content (AvgIpc) is 3.29. The lowest BCUT2D eigenvalue weighted by molar-refractivity contribution is 0.0747. The summed E-state index contributed by atoms with van der Waals surface area (Å²) < 4.78 is 29.0. The Morgan fingerprint density at radius 3 is 2.30 bits per heavy atom. The van der Waals surface area contributed by atoms with Gasteiger partial charge >= 0.3 is 0 Å². The highest BCUT2D eigenvalue weighted by atomic mass is 32.2. The van der Waals surface area contributed by atoms with Gasteiger partial charge in [0, 0.05) is 32.0 Å². The van der Waals surface area contributed by atoms with Crippen molar-refractivity contribution in [1.29, 1.82) is 0 Å². The van der Waals surface area contributed by atoms with E-state index in [9.17, 15) is 13.2 Å². The number of carbonyl (C=O) groups excluding carboxylic acids is 1. The van der Waals surface area contributed by atoms with E-state index in [0.29, 0.717) is 18.1 Å². The first-order valence-corrected chi connectivity index (χ1v) is 13.6. The van der Waals surface area contributed by atoms with Gasteiger partial charge in [-0.1, -0.05) is 42.5 Å². The van der Waals surface area contributed by atoms with Crippen LogP contribution in [0.15, 0.2) is 65.6 Å². The van der Waals surface area contributed by atoms with E-state index in [1.165, 1.54) is 17.6 Å². The van der Waals surface area contributed by atoms with E-state index >= 15 is 0 Å². The first kappa shape index (κ1) is 23.5. The maximum Gasteiger partial charge on any atom is 0.264 e. The lowest BCUT2D eigenvalue weighted by Gasteiger charge is -2.28. The molecule has 0 spiro atoms. The molecule has 2 heterocycles. The summed E-state index contributed by atoms with van der Waals surface area (Å²) in [5.41, 5.74) is 3.03. The molecule has 6 nitrogen and oxygen atoms in total. The van der Waals surface area contributed by atoms with E-state index in [1.54, 1.807) is 36.2 Å². The minimum absolute atomic E-state index is 0.0589. The van der Waals surface area contributed by atoms with Crippen LogP contribution in [0.2, 0.25) is 0 Å². The van der Waals surface area contributed by atoms with Gasteiger partial charge in [0.15, 0.2) is 9.84 Å². The highest BCUT2D eigenvalue weighted by Crippen LogP contribution is 2.40. The molecule has 0 saturated carbocycles. The number of thiophene rings is 1. The van der Waals surface area contributed by atoms with Crippen molar-refractivity contribution in [2.45, 2.75) is 17.9 Å². The first-order valence-electron chi connectivity index (χ1n) is 10.8. The predicted octanol–water partition coefficient (Wildman–Crippen LogP) is 4.49. The van der Waals surface area contributed by atoms with Crippen LogP contribution in [0.4, 0.5) is 5.00 Å². The molecule has 1 unspecified atom stereocenters. The Bertz CT molecular complexity index is 1220. The molecule has 8 heteroatoms. The molecule has 4 rings (SSSR count). The number of sulfone groups is 1. The molecular weight excluding hydrogens is 456 g/mol. The molecule has 1 aliphatic rings. The van der Waals surface area contributed by atoms with Gasteiger partial charge in [0.2, 0.25) is 0 Å². The number of benzene rings is 2. The zero-order valence-electron chi connectivity index (χ0n) is 19.0. The van der Waals surface area contributed by atoms with Gasteiger partial charge in [-0.15, -0.1) is 11.3 Å². The largest absolute Gasteiger partial charge is 0.378 e. The first-order chi connectivity index (χ1) is 15.8. The number of morpholine rings is 1. The van der Waals surface area contributed by atoms with E-state index in [1.807, 2.05) is 31.2 Å². The fourth-order valence-corrected chi connectivity index (χ4v) is 5.72. The topological polar surface area (TPSA) is 66.9 Å². The molecule has 1 aliphatic heterocycles. The molecular formula is C25H28N2O4S2. The van der Waals surface area contributed by atoms with Crippen LogP contribution in [0.3, 0.4) is 0 Å². The summed E-state index contributed by atoms with van der Waals surface area (Å²) in [5, 5.41) is 1.09. The van der Waals surface area contributed by atoms with Crippen molar-refractivity contribution in [1.82, 2.24) is 4.90 Å². The Balaban J connectivity index is 1.62. The summed E-state index contributed by atoms with van der Waals surface area (Å²) in [6.45, 7) is 4.90. The smallest absolute Gasteiger partial charge is 0.264 e. The van der Waals surface area contributed by atoms with Gasteiger partial charge in [-0.05, 0) is 36.2 Å². The van der Waals surface area contributed by atoms with Crippen molar-refractivity contribution in [3.63, 3.8) is 0 Å². The summed E-state index contributed by atoms with van der Waals surface area (Å²) in [7, 11) is -1.47. The van der Waals surface area contributed by atoms with E-state index in [2.05, 4.69) is 17.0 Å². The maximum absolute atomic E-state index is 13.5. The third kappa shape index (κ3) is 5.13. The van der Waals surface area contributed by atoms with Gasteiger partial charge in [-0.2, -0.15) is 0 Å². The van der Waals surface area contributed by atoms with Gasteiger partial charge in [0.25, 0.3) is 5.91 Å². The van der Waals surface area contributed by atoms with Gasteiger partial charge < -0.3 is 14.5 Å². The molecule has 0 radical (unpaired) electrons. The molecule has 2 aromatic carbocycles. The third-order valence-corrected chi connectivity index (χ3v) is 8.31. The summed E-state index contributed by atoms with van der Waals surface area (Å²) in [5.74, 6) is -0.0589. The molecule has 1 amide bonds. The summed E-state index contributed by atoms with van der Waals surface area (Å²) in [6.07, 6.45) is 1.19. The average molecular weight is 485 g/mol. The monoisotopic (exact) mass is 484 g/mol. The minimum Gasteiger partial charge on any atom is -0.378 e. The molecule has 3 aromatic rings.